The first-order valence-corrected chi connectivity index (χ1v) is 13.3. The van der Waals surface area contributed by atoms with Gasteiger partial charge in [-0.2, -0.15) is 0 Å². The van der Waals surface area contributed by atoms with Crippen LogP contribution in [0, 0.1) is 17.3 Å². The van der Waals surface area contributed by atoms with Gasteiger partial charge >= 0.3 is 0 Å². The van der Waals surface area contributed by atoms with Crippen molar-refractivity contribution < 1.29 is 9.26 Å². The zero-order valence-corrected chi connectivity index (χ0v) is 17.7. The van der Waals surface area contributed by atoms with Gasteiger partial charge in [0.2, 0.25) is 8.32 Å². The lowest BCUT2D eigenvalue weighted by atomic mass is 9.57. The molecule has 0 aromatic heterocycles. The van der Waals surface area contributed by atoms with Crippen molar-refractivity contribution in [1.82, 2.24) is 0 Å². The standard InChI is InChI=1S/C22H31NO2Si/c1-22-13-12-18-17-9-7-16(25-26(3,4)5)14-15(17)6-8-19(18)20(22)10-11-21(22)23-24-2/h6-9,14,18-20H,10-13H2,1-5H3. The molecule has 1 aromatic rings. The molecule has 4 unspecified atom stereocenters. The van der Waals surface area contributed by atoms with Gasteiger partial charge in [-0.05, 0) is 86.3 Å². The van der Waals surface area contributed by atoms with Crippen LogP contribution in [0.5, 0.6) is 5.75 Å². The van der Waals surface area contributed by atoms with Crippen molar-refractivity contribution in [3.8, 4) is 5.75 Å². The summed E-state index contributed by atoms with van der Waals surface area (Å²) in [6, 6.07) is 6.77. The number of hydrogen-bond donors (Lipinski definition) is 0. The fourth-order valence-corrected chi connectivity index (χ4v) is 6.38. The molecule has 4 heteroatoms. The lowest BCUT2D eigenvalue weighted by Gasteiger charge is -2.47. The quantitative estimate of drug-likeness (QED) is 0.495. The van der Waals surface area contributed by atoms with E-state index in [2.05, 4.69) is 62.1 Å². The van der Waals surface area contributed by atoms with E-state index >= 15 is 0 Å². The van der Waals surface area contributed by atoms with Crippen LogP contribution in [0.15, 0.2) is 29.4 Å². The van der Waals surface area contributed by atoms with Crippen molar-refractivity contribution in [2.45, 2.75) is 58.2 Å². The summed E-state index contributed by atoms with van der Waals surface area (Å²) in [5.74, 6) is 2.96. The molecular weight excluding hydrogens is 338 g/mol. The van der Waals surface area contributed by atoms with Gasteiger partial charge in [0.25, 0.3) is 0 Å². The van der Waals surface area contributed by atoms with Crippen molar-refractivity contribution in [3.05, 3.63) is 35.4 Å². The van der Waals surface area contributed by atoms with Crippen LogP contribution >= 0.6 is 0 Å². The SMILES string of the molecule is CON=C1CCC2C3C=Cc4cc(O[Si](C)(C)C)ccc4C3CCC12C. The first kappa shape index (κ1) is 17.8. The Morgan fingerprint density at radius 2 is 2.00 bits per heavy atom. The van der Waals surface area contributed by atoms with Crippen LogP contribution < -0.4 is 4.43 Å². The number of allylic oxidation sites excluding steroid dienone is 1. The molecular formula is C22H31NO2Si. The average molecular weight is 370 g/mol. The second-order valence-corrected chi connectivity index (χ2v) is 13.8. The van der Waals surface area contributed by atoms with E-state index in [1.165, 1.54) is 36.1 Å². The Bertz CT molecular complexity index is 764. The molecule has 0 saturated heterocycles. The van der Waals surface area contributed by atoms with Gasteiger partial charge in [0.1, 0.15) is 12.9 Å². The summed E-state index contributed by atoms with van der Waals surface area (Å²) < 4.78 is 6.21. The summed E-state index contributed by atoms with van der Waals surface area (Å²) in [4.78, 5) is 5.14. The molecule has 2 saturated carbocycles. The molecule has 3 aliphatic rings. The van der Waals surface area contributed by atoms with Crippen molar-refractivity contribution >= 4 is 20.1 Å². The highest BCUT2D eigenvalue weighted by Gasteiger charge is 2.53. The molecule has 0 radical (unpaired) electrons. The Kier molecular flexibility index (Phi) is 4.29. The third-order valence-corrected chi connectivity index (χ3v) is 7.50. The first-order valence-electron chi connectivity index (χ1n) is 9.93. The summed E-state index contributed by atoms with van der Waals surface area (Å²) in [5, 5.41) is 4.39. The summed E-state index contributed by atoms with van der Waals surface area (Å²) in [6.07, 6.45) is 9.57. The lowest BCUT2D eigenvalue weighted by molar-refractivity contribution is 0.133. The molecule has 1 aromatic carbocycles. The highest BCUT2D eigenvalue weighted by Crippen LogP contribution is 2.59. The maximum Gasteiger partial charge on any atom is 0.242 e. The molecule has 0 N–H and O–H groups in total. The van der Waals surface area contributed by atoms with Crippen molar-refractivity contribution in [1.29, 1.82) is 0 Å². The van der Waals surface area contributed by atoms with Crippen LogP contribution in [-0.2, 0) is 4.84 Å². The fourth-order valence-electron chi connectivity index (χ4n) is 5.54. The van der Waals surface area contributed by atoms with E-state index in [1.54, 1.807) is 7.11 Å². The summed E-state index contributed by atoms with van der Waals surface area (Å²) in [5.41, 5.74) is 4.36. The second kappa shape index (κ2) is 6.26. The van der Waals surface area contributed by atoms with Gasteiger partial charge < -0.3 is 9.26 Å². The summed E-state index contributed by atoms with van der Waals surface area (Å²) in [6.45, 7) is 9.12. The Morgan fingerprint density at radius 3 is 2.73 bits per heavy atom. The number of fused-ring (bicyclic) bond motifs is 5. The van der Waals surface area contributed by atoms with Crippen LogP contribution in [-0.4, -0.2) is 21.1 Å². The van der Waals surface area contributed by atoms with Crippen LogP contribution in [0.3, 0.4) is 0 Å². The molecule has 0 bridgehead atoms. The van der Waals surface area contributed by atoms with Gasteiger partial charge in [-0.25, -0.2) is 0 Å². The third kappa shape index (κ3) is 2.92. The monoisotopic (exact) mass is 369 g/mol. The highest BCUT2D eigenvalue weighted by atomic mass is 28.4. The van der Waals surface area contributed by atoms with E-state index in [0.717, 1.165) is 12.2 Å². The van der Waals surface area contributed by atoms with Crippen molar-refractivity contribution in [3.63, 3.8) is 0 Å². The molecule has 3 nitrogen and oxygen atoms in total. The second-order valence-electron chi connectivity index (χ2n) is 9.37. The van der Waals surface area contributed by atoms with Crippen LogP contribution in [0.25, 0.3) is 6.08 Å². The molecule has 4 atom stereocenters. The zero-order valence-electron chi connectivity index (χ0n) is 16.7. The Labute approximate surface area is 158 Å². The van der Waals surface area contributed by atoms with E-state index in [4.69, 9.17) is 9.26 Å². The largest absolute Gasteiger partial charge is 0.544 e. The summed E-state index contributed by atoms with van der Waals surface area (Å²) in [7, 11) is 0.103. The third-order valence-electron chi connectivity index (χ3n) is 6.65. The van der Waals surface area contributed by atoms with Crippen molar-refractivity contribution in [2.24, 2.45) is 22.4 Å². The van der Waals surface area contributed by atoms with E-state index in [-0.39, 0.29) is 5.41 Å². The molecule has 0 aliphatic heterocycles. The number of benzene rings is 1. The number of oxime groups is 1. The maximum atomic E-state index is 6.21. The molecule has 26 heavy (non-hydrogen) atoms. The number of nitrogens with zero attached hydrogens (tertiary/aromatic N) is 1. The number of rotatable bonds is 3. The minimum atomic E-state index is -1.57. The Hall–Kier alpha value is -1.55. The van der Waals surface area contributed by atoms with E-state index in [9.17, 15) is 0 Å². The lowest BCUT2D eigenvalue weighted by Crippen LogP contribution is -2.41. The van der Waals surface area contributed by atoms with E-state index in [1.807, 2.05) is 0 Å². The molecule has 0 amide bonds. The van der Waals surface area contributed by atoms with E-state index in [0.29, 0.717) is 17.8 Å². The molecule has 2 fully saturated rings. The van der Waals surface area contributed by atoms with Crippen LogP contribution in [0.1, 0.15) is 49.7 Å². The topological polar surface area (TPSA) is 30.8 Å². The predicted octanol–water partition coefficient (Wildman–Crippen LogP) is 5.84. The molecule has 0 heterocycles. The Balaban J connectivity index is 1.63. The Morgan fingerprint density at radius 1 is 1.19 bits per heavy atom. The number of hydrogen-bond acceptors (Lipinski definition) is 3. The predicted molar refractivity (Wildman–Crippen MR) is 110 cm³/mol. The molecule has 4 rings (SSSR count). The van der Waals surface area contributed by atoms with Gasteiger partial charge in [0, 0.05) is 5.41 Å². The van der Waals surface area contributed by atoms with E-state index < -0.39 is 8.32 Å². The van der Waals surface area contributed by atoms with Gasteiger partial charge in [0.15, 0.2) is 0 Å². The molecule has 3 aliphatic carbocycles. The van der Waals surface area contributed by atoms with Gasteiger partial charge in [-0.1, -0.05) is 30.3 Å². The average Bonchev–Trinajstić information content (AvgIpc) is 2.90. The first-order chi connectivity index (χ1) is 12.3. The maximum absolute atomic E-state index is 6.21. The van der Waals surface area contributed by atoms with Crippen LogP contribution in [0.4, 0.5) is 0 Å². The highest BCUT2D eigenvalue weighted by molar-refractivity contribution is 6.70. The fraction of sp³-hybridized carbons (Fsp3) is 0.591. The zero-order chi connectivity index (χ0) is 18.5. The van der Waals surface area contributed by atoms with Gasteiger partial charge in [-0.15, -0.1) is 0 Å². The van der Waals surface area contributed by atoms with Crippen LogP contribution in [0.2, 0.25) is 19.6 Å². The smallest absolute Gasteiger partial charge is 0.242 e. The van der Waals surface area contributed by atoms with Gasteiger partial charge in [0.05, 0.1) is 5.71 Å². The molecule has 0 spiro atoms. The minimum Gasteiger partial charge on any atom is -0.544 e. The minimum absolute atomic E-state index is 0.208. The van der Waals surface area contributed by atoms with Crippen molar-refractivity contribution in [2.75, 3.05) is 7.11 Å². The normalized spacial score (nSPS) is 34.2. The summed E-state index contributed by atoms with van der Waals surface area (Å²) >= 11 is 0. The van der Waals surface area contributed by atoms with Gasteiger partial charge in [-0.3, -0.25) is 0 Å². The molecule has 140 valence electrons.